The maximum Gasteiger partial charge on any atom is 0.327 e. The number of aromatic nitrogens is 2. The van der Waals surface area contributed by atoms with Gasteiger partial charge in [-0.1, -0.05) is 6.07 Å². The summed E-state index contributed by atoms with van der Waals surface area (Å²) in [4.78, 5) is 17.7. The normalized spacial score (nSPS) is 20.7. The van der Waals surface area contributed by atoms with Gasteiger partial charge in [-0.25, -0.2) is 4.79 Å². The van der Waals surface area contributed by atoms with Crippen LogP contribution in [-0.2, 0) is 0 Å². The maximum absolute atomic E-state index is 12.3. The SMILES string of the molecule is Cc1ccc2c(c1)[nH]c(=O)n2C1CCCN1C(C)C. The van der Waals surface area contributed by atoms with Crippen LogP contribution in [-0.4, -0.2) is 27.0 Å². The van der Waals surface area contributed by atoms with Gasteiger partial charge in [-0.2, -0.15) is 0 Å². The van der Waals surface area contributed by atoms with Crippen LogP contribution in [0.5, 0.6) is 0 Å². The first-order valence-electron chi connectivity index (χ1n) is 7.04. The van der Waals surface area contributed by atoms with Crippen LogP contribution in [0.15, 0.2) is 23.0 Å². The van der Waals surface area contributed by atoms with Crippen molar-refractivity contribution in [2.45, 2.75) is 45.8 Å². The number of aromatic amines is 1. The molecule has 1 atom stereocenters. The Morgan fingerprint density at radius 3 is 2.89 bits per heavy atom. The molecule has 0 amide bonds. The molecule has 1 fully saturated rings. The van der Waals surface area contributed by atoms with E-state index < -0.39 is 0 Å². The number of rotatable bonds is 2. The molecule has 1 aromatic carbocycles. The second kappa shape index (κ2) is 4.53. The molecule has 1 aromatic heterocycles. The minimum atomic E-state index is 0.0122. The van der Waals surface area contributed by atoms with Gasteiger partial charge in [0.1, 0.15) is 0 Å². The van der Waals surface area contributed by atoms with Crippen LogP contribution in [0.2, 0.25) is 0 Å². The highest BCUT2D eigenvalue weighted by Gasteiger charge is 2.30. The number of imidazole rings is 1. The molecular formula is C15H21N3O. The van der Waals surface area contributed by atoms with E-state index in [9.17, 15) is 4.79 Å². The number of benzene rings is 1. The summed E-state index contributed by atoms with van der Waals surface area (Å²) < 4.78 is 1.93. The van der Waals surface area contributed by atoms with Gasteiger partial charge in [0, 0.05) is 12.6 Å². The fourth-order valence-corrected chi connectivity index (χ4v) is 3.19. The van der Waals surface area contributed by atoms with Gasteiger partial charge in [0.25, 0.3) is 0 Å². The number of nitrogens with one attached hydrogen (secondary N) is 1. The molecule has 4 nitrogen and oxygen atoms in total. The van der Waals surface area contributed by atoms with Crippen molar-refractivity contribution in [2.75, 3.05) is 6.54 Å². The van der Waals surface area contributed by atoms with Crippen LogP contribution in [0, 0.1) is 6.92 Å². The lowest BCUT2D eigenvalue weighted by Gasteiger charge is -2.29. The highest BCUT2D eigenvalue weighted by Crippen LogP contribution is 2.30. The van der Waals surface area contributed by atoms with Crippen LogP contribution < -0.4 is 5.69 Å². The Hall–Kier alpha value is -1.55. The summed E-state index contributed by atoms with van der Waals surface area (Å²) in [7, 11) is 0. The number of H-pyrrole nitrogens is 1. The molecule has 0 bridgehead atoms. The Labute approximate surface area is 113 Å². The predicted molar refractivity (Wildman–Crippen MR) is 77.4 cm³/mol. The summed E-state index contributed by atoms with van der Waals surface area (Å²) in [5.41, 5.74) is 3.15. The van der Waals surface area contributed by atoms with Crippen LogP contribution >= 0.6 is 0 Å². The molecule has 4 heteroatoms. The Morgan fingerprint density at radius 2 is 2.16 bits per heavy atom. The third kappa shape index (κ3) is 2.00. The van der Waals surface area contributed by atoms with Crippen molar-refractivity contribution >= 4 is 11.0 Å². The van der Waals surface area contributed by atoms with Crippen LogP contribution in [0.1, 0.15) is 38.4 Å². The van der Waals surface area contributed by atoms with Gasteiger partial charge in [0.2, 0.25) is 0 Å². The molecule has 0 saturated carbocycles. The van der Waals surface area contributed by atoms with Gasteiger partial charge in [0.05, 0.1) is 17.2 Å². The number of aryl methyl sites for hydroxylation is 1. The van der Waals surface area contributed by atoms with E-state index in [1.165, 1.54) is 5.56 Å². The van der Waals surface area contributed by atoms with Gasteiger partial charge in [-0.05, 0) is 51.3 Å². The number of fused-ring (bicyclic) bond motifs is 1. The second-order valence-corrected chi connectivity index (χ2v) is 5.78. The van der Waals surface area contributed by atoms with Gasteiger partial charge in [-0.3, -0.25) is 9.47 Å². The summed E-state index contributed by atoms with van der Waals surface area (Å²) in [6.45, 7) is 7.52. The third-order valence-electron chi connectivity index (χ3n) is 4.09. The van der Waals surface area contributed by atoms with Crippen molar-refractivity contribution in [1.29, 1.82) is 0 Å². The smallest absolute Gasteiger partial charge is 0.305 e. The second-order valence-electron chi connectivity index (χ2n) is 5.78. The lowest BCUT2D eigenvalue weighted by atomic mass is 10.2. The van der Waals surface area contributed by atoms with Gasteiger partial charge in [0.15, 0.2) is 0 Å². The van der Waals surface area contributed by atoms with E-state index in [4.69, 9.17) is 0 Å². The molecule has 2 aromatic rings. The lowest BCUT2D eigenvalue weighted by Crippen LogP contribution is -2.37. The molecule has 0 radical (unpaired) electrons. The monoisotopic (exact) mass is 259 g/mol. The molecule has 1 N–H and O–H groups in total. The van der Waals surface area contributed by atoms with Crippen molar-refractivity contribution in [3.05, 3.63) is 34.2 Å². The van der Waals surface area contributed by atoms with Crippen molar-refractivity contribution in [3.63, 3.8) is 0 Å². The molecule has 1 unspecified atom stereocenters. The molecule has 102 valence electrons. The topological polar surface area (TPSA) is 41.0 Å². The number of hydrogen-bond donors (Lipinski definition) is 1. The quantitative estimate of drug-likeness (QED) is 0.900. The largest absolute Gasteiger partial charge is 0.327 e. The Kier molecular flexibility index (Phi) is 2.97. The zero-order chi connectivity index (χ0) is 13.6. The average Bonchev–Trinajstić information content (AvgIpc) is 2.91. The number of nitrogens with zero attached hydrogens (tertiary/aromatic N) is 2. The Balaban J connectivity index is 2.14. The molecule has 0 spiro atoms. The van der Waals surface area contributed by atoms with Crippen molar-refractivity contribution in [1.82, 2.24) is 14.5 Å². The number of hydrogen-bond acceptors (Lipinski definition) is 2. The molecule has 0 aliphatic carbocycles. The summed E-state index contributed by atoms with van der Waals surface area (Å²) >= 11 is 0. The summed E-state index contributed by atoms with van der Waals surface area (Å²) in [5, 5.41) is 0. The Morgan fingerprint density at radius 1 is 1.37 bits per heavy atom. The molecule has 3 rings (SSSR count). The summed E-state index contributed by atoms with van der Waals surface area (Å²) in [6.07, 6.45) is 2.41. The maximum atomic E-state index is 12.3. The first-order chi connectivity index (χ1) is 9.08. The van der Waals surface area contributed by atoms with Crippen molar-refractivity contribution < 1.29 is 0 Å². The number of likely N-dealkylation sites (tertiary alicyclic amines) is 1. The van der Waals surface area contributed by atoms with E-state index in [1.807, 2.05) is 17.6 Å². The summed E-state index contributed by atoms with van der Waals surface area (Å²) in [6, 6.07) is 6.64. The fraction of sp³-hybridized carbons (Fsp3) is 0.533. The molecule has 2 heterocycles. The third-order valence-corrected chi connectivity index (χ3v) is 4.09. The van der Waals surface area contributed by atoms with Crippen molar-refractivity contribution in [3.8, 4) is 0 Å². The minimum absolute atomic E-state index is 0.0122. The fourth-order valence-electron chi connectivity index (χ4n) is 3.19. The zero-order valence-corrected chi connectivity index (χ0v) is 11.8. The first kappa shape index (κ1) is 12.5. The van der Waals surface area contributed by atoms with Crippen LogP contribution in [0.3, 0.4) is 0 Å². The highest BCUT2D eigenvalue weighted by molar-refractivity contribution is 5.76. The highest BCUT2D eigenvalue weighted by atomic mass is 16.1. The minimum Gasteiger partial charge on any atom is -0.305 e. The van der Waals surface area contributed by atoms with Gasteiger partial charge in [-0.15, -0.1) is 0 Å². The Bertz CT molecular complexity index is 653. The predicted octanol–water partition coefficient (Wildman–Crippen LogP) is 2.64. The molecular weight excluding hydrogens is 238 g/mol. The first-order valence-corrected chi connectivity index (χ1v) is 7.04. The van der Waals surface area contributed by atoms with Gasteiger partial charge >= 0.3 is 5.69 Å². The molecule has 1 aliphatic heterocycles. The van der Waals surface area contributed by atoms with E-state index in [0.29, 0.717) is 6.04 Å². The lowest BCUT2D eigenvalue weighted by molar-refractivity contribution is 0.152. The van der Waals surface area contributed by atoms with Gasteiger partial charge < -0.3 is 4.98 Å². The van der Waals surface area contributed by atoms with Crippen molar-refractivity contribution in [2.24, 2.45) is 0 Å². The molecule has 19 heavy (non-hydrogen) atoms. The van der Waals surface area contributed by atoms with Crippen LogP contribution in [0.4, 0.5) is 0 Å². The van der Waals surface area contributed by atoms with E-state index in [-0.39, 0.29) is 11.9 Å². The summed E-state index contributed by atoms with van der Waals surface area (Å²) in [5.74, 6) is 0. The van der Waals surface area contributed by atoms with E-state index in [0.717, 1.165) is 30.4 Å². The van der Waals surface area contributed by atoms with E-state index in [2.05, 4.69) is 35.9 Å². The van der Waals surface area contributed by atoms with E-state index in [1.54, 1.807) is 0 Å². The zero-order valence-electron chi connectivity index (χ0n) is 11.8. The molecule has 1 saturated heterocycles. The standard InChI is InChI=1S/C15H21N3O/c1-10(2)17-8-4-5-14(17)18-13-7-6-11(3)9-12(13)16-15(18)19/h6-7,9-10,14H,4-5,8H2,1-3H3,(H,16,19). The van der Waals surface area contributed by atoms with Crippen LogP contribution in [0.25, 0.3) is 11.0 Å². The average molecular weight is 259 g/mol. The molecule has 1 aliphatic rings. The van der Waals surface area contributed by atoms with E-state index >= 15 is 0 Å².